The summed E-state index contributed by atoms with van der Waals surface area (Å²) in [4.78, 5) is 12.5. The van der Waals surface area contributed by atoms with Gasteiger partial charge in [-0.05, 0) is 41.4 Å². The summed E-state index contributed by atoms with van der Waals surface area (Å²) in [6.07, 6.45) is 1.53. The molecule has 4 aromatic rings. The molecule has 0 saturated heterocycles. The van der Waals surface area contributed by atoms with E-state index in [0.29, 0.717) is 27.6 Å². The molecule has 10 heteroatoms. The first-order valence-corrected chi connectivity index (χ1v) is 10.8. The van der Waals surface area contributed by atoms with Crippen molar-refractivity contribution in [3.05, 3.63) is 84.6 Å². The van der Waals surface area contributed by atoms with E-state index in [-0.39, 0.29) is 17.2 Å². The predicted octanol–water partition coefficient (Wildman–Crippen LogP) is 1.13. The second kappa shape index (κ2) is 8.34. The van der Waals surface area contributed by atoms with Gasteiger partial charge in [0.2, 0.25) is 5.91 Å². The lowest BCUT2D eigenvalue weighted by molar-refractivity contribution is -0.115. The van der Waals surface area contributed by atoms with E-state index in [4.69, 9.17) is 10.0 Å². The van der Waals surface area contributed by atoms with E-state index in [0.717, 1.165) is 4.09 Å². The molecule has 0 spiro atoms. The van der Waals surface area contributed by atoms with Crippen LogP contribution < -0.4 is 10.8 Å². The van der Waals surface area contributed by atoms with Gasteiger partial charge in [-0.25, -0.2) is 0 Å². The third-order valence-electron chi connectivity index (χ3n) is 4.73. The standard InChI is InChI=1S/C21H18BN3O5S/c26-21(12-15-6-9-17(10-7-15)22(27)28)24-18-11-8-16-14-23-25(20(16)13-18)31(29,30)19-4-2-1-3-5-19/h1-11,13-14,27-28H,12H2,(H,24,26). The Balaban J connectivity index is 1.57. The van der Waals surface area contributed by atoms with Crippen molar-refractivity contribution in [2.75, 3.05) is 5.32 Å². The van der Waals surface area contributed by atoms with Crippen LogP contribution in [0.1, 0.15) is 5.56 Å². The number of hydrogen-bond donors (Lipinski definition) is 3. The van der Waals surface area contributed by atoms with Crippen LogP contribution in [0.5, 0.6) is 0 Å². The number of nitrogens with one attached hydrogen (secondary N) is 1. The zero-order valence-corrected chi connectivity index (χ0v) is 17.0. The zero-order valence-electron chi connectivity index (χ0n) is 16.2. The van der Waals surface area contributed by atoms with Crippen LogP contribution in [-0.4, -0.2) is 40.7 Å². The fourth-order valence-corrected chi connectivity index (χ4v) is 4.44. The summed E-state index contributed by atoms with van der Waals surface area (Å²) in [5.74, 6) is -0.298. The third kappa shape index (κ3) is 4.36. The molecule has 1 heterocycles. The van der Waals surface area contributed by atoms with Crippen molar-refractivity contribution < 1.29 is 23.3 Å². The minimum Gasteiger partial charge on any atom is -0.423 e. The Kier molecular flexibility index (Phi) is 5.60. The maximum atomic E-state index is 12.9. The molecule has 1 amide bonds. The molecule has 1 aromatic heterocycles. The maximum Gasteiger partial charge on any atom is 0.488 e. The van der Waals surface area contributed by atoms with E-state index in [1.807, 2.05) is 0 Å². The molecule has 0 aliphatic heterocycles. The molecule has 156 valence electrons. The number of fused-ring (bicyclic) bond motifs is 1. The van der Waals surface area contributed by atoms with Crippen LogP contribution in [0.2, 0.25) is 0 Å². The lowest BCUT2D eigenvalue weighted by Crippen LogP contribution is -2.29. The van der Waals surface area contributed by atoms with Crippen LogP contribution in [0, 0.1) is 0 Å². The smallest absolute Gasteiger partial charge is 0.423 e. The molecule has 3 aromatic carbocycles. The summed E-state index contributed by atoms with van der Waals surface area (Å²) in [7, 11) is -5.44. The van der Waals surface area contributed by atoms with Crippen molar-refractivity contribution in [3.63, 3.8) is 0 Å². The van der Waals surface area contributed by atoms with Gasteiger partial charge in [-0.2, -0.15) is 17.6 Å². The average molecular weight is 435 g/mol. The Bertz CT molecular complexity index is 1340. The molecular formula is C21H18BN3O5S. The van der Waals surface area contributed by atoms with Crippen LogP contribution in [0.3, 0.4) is 0 Å². The van der Waals surface area contributed by atoms with E-state index in [2.05, 4.69) is 10.4 Å². The highest BCUT2D eigenvalue weighted by atomic mass is 32.2. The van der Waals surface area contributed by atoms with Gasteiger partial charge >= 0.3 is 7.12 Å². The first-order chi connectivity index (χ1) is 14.8. The molecule has 4 rings (SSSR count). The Morgan fingerprint density at radius 2 is 1.71 bits per heavy atom. The summed E-state index contributed by atoms with van der Waals surface area (Å²) in [5.41, 5.74) is 1.81. The van der Waals surface area contributed by atoms with E-state index < -0.39 is 17.1 Å². The molecule has 0 aliphatic carbocycles. The molecule has 3 N–H and O–H groups in total. The van der Waals surface area contributed by atoms with Crippen LogP contribution in [0.15, 0.2) is 83.9 Å². The van der Waals surface area contributed by atoms with Crippen LogP contribution in [-0.2, 0) is 21.2 Å². The number of aromatic nitrogens is 2. The fraction of sp³-hybridized carbons (Fsp3) is 0.0476. The number of benzene rings is 3. The van der Waals surface area contributed by atoms with Gasteiger partial charge in [-0.3, -0.25) is 4.79 Å². The van der Waals surface area contributed by atoms with E-state index in [9.17, 15) is 13.2 Å². The molecular weight excluding hydrogens is 417 g/mol. The minimum absolute atomic E-state index is 0.0709. The lowest BCUT2D eigenvalue weighted by Gasteiger charge is -2.09. The van der Waals surface area contributed by atoms with Gasteiger partial charge < -0.3 is 15.4 Å². The van der Waals surface area contributed by atoms with Gasteiger partial charge in [0.25, 0.3) is 10.0 Å². The molecule has 0 atom stereocenters. The first kappa shape index (κ1) is 20.8. The molecule has 0 bridgehead atoms. The lowest BCUT2D eigenvalue weighted by atomic mass is 9.80. The third-order valence-corrected chi connectivity index (χ3v) is 6.35. The molecule has 0 fully saturated rings. The summed E-state index contributed by atoms with van der Waals surface area (Å²) < 4.78 is 26.8. The molecule has 0 radical (unpaired) electrons. The summed E-state index contributed by atoms with van der Waals surface area (Å²) in [5, 5.41) is 25.7. The largest absolute Gasteiger partial charge is 0.488 e. The summed E-state index contributed by atoms with van der Waals surface area (Å²) in [6, 6.07) is 19.3. The van der Waals surface area contributed by atoms with Crippen molar-refractivity contribution in [1.82, 2.24) is 9.19 Å². The molecule has 31 heavy (non-hydrogen) atoms. The second-order valence-electron chi connectivity index (χ2n) is 6.92. The predicted molar refractivity (Wildman–Crippen MR) is 117 cm³/mol. The van der Waals surface area contributed by atoms with Gasteiger partial charge in [0.05, 0.1) is 23.0 Å². The van der Waals surface area contributed by atoms with Crippen LogP contribution in [0.4, 0.5) is 5.69 Å². The number of carbonyl (C=O) groups excluding carboxylic acids is 1. The fourth-order valence-electron chi connectivity index (χ4n) is 3.16. The van der Waals surface area contributed by atoms with E-state index >= 15 is 0 Å². The average Bonchev–Trinajstić information content (AvgIpc) is 3.19. The first-order valence-electron chi connectivity index (χ1n) is 9.38. The van der Waals surface area contributed by atoms with E-state index in [1.54, 1.807) is 48.5 Å². The van der Waals surface area contributed by atoms with Gasteiger partial charge in [0.1, 0.15) is 0 Å². The van der Waals surface area contributed by atoms with Gasteiger partial charge in [0, 0.05) is 11.1 Å². The Morgan fingerprint density at radius 1 is 1.00 bits per heavy atom. The van der Waals surface area contributed by atoms with Gasteiger partial charge in [0.15, 0.2) is 0 Å². The quantitative estimate of drug-likeness (QED) is 0.391. The number of anilines is 1. The van der Waals surface area contributed by atoms with Crippen molar-refractivity contribution in [3.8, 4) is 0 Å². The molecule has 0 saturated carbocycles. The van der Waals surface area contributed by atoms with Crippen LogP contribution >= 0.6 is 0 Å². The number of hydrogen-bond acceptors (Lipinski definition) is 6. The van der Waals surface area contributed by atoms with Crippen molar-refractivity contribution >= 4 is 45.1 Å². The number of nitrogens with zero attached hydrogens (tertiary/aromatic N) is 2. The molecule has 8 nitrogen and oxygen atoms in total. The van der Waals surface area contributed by atoms with Crippen molar-refractivity contribution in [1.29, 1.82) is 0 Å². The zero-order chi connectivity index (χ0) is 22.0. The van der Waals surface area contributed by atoms with E-state index in [1.165, 1.54) is 30.5 Å². The monoisotopic (exact) mass is 435 g/mol. The summed E-state index contributed by atoms with van der Waals surface area (Å²) in [6.45, 7) is 0. The maximum absolute atomic E-state index is 12.9. The SMILES string of the molecule is O=C(Cc1ccc(B(O)O)cc1)Nc1ccc2cnn(S(=O)(=O)c3ccccc3)c2c1. The minimum atomic E-state index is -3.88. The Labute approximate surface area is 179 Å². The topological polar surface area (TPSA) is 122 Å². The number of rotatable bonds is 6. The molecule has 0 aliphatic rings. The van der Waals surface area contributed by atoms with Crippen LogP contribution in [0.25, 0.3) is 10.9 Å². The Morgan fingerprint density at radius 3 is 2.39 bits per heavy atom. The highest BCUT2D eigenvalue weighted by Crippen LogP contribution is 2.23. The normalized spacial score (nSPS) is 11.4. The van der Waals surface area contributed by atoms with Crippen molar-refractivity contribution in [2.45, 2.75) is 11.3 Å². The van der Waals surface area contributed by atoms with Gasteiger partial charge in [-0.15, -0.1) is 0 Å². The molecule has 0 unspecified atom stereocenters. The highest BCUT2D eigenvalue weighted by molar-refractivity contribution is 7.90. The number of carbonyl (C=O) groups is 1. The highest BCUT2D eigenvalue weighted by Gasteiger charge is 2.20. The number of amides is 1. The summed E-state index contributed by atoms with van der Waals surface area (Å²) >= 11 is 0. The van der Waals surface area contributed by atoms with Gasteiger partial charge in [-0.1, -0.05) is 42.5 Å². The van der Waals surface area contributed by atoms with Crippen molar-refractivity contribution in [2.24, 2.45) is 0 Å². The Hall–Kier alpha value is -3.47. The second-order valence-corrected chi connectivity index (χ2v) is 8.69.